The number of hydroxylamine groups is 2. The Labute approximate surface area is 102 Å². The summed E-state index contributed by atoms with van der Waals surface area (Å²) < 4.78 is 13.3. The van der Waals surface area contributed by atoms with Gasteiger partial charge in [0.05, 0.1) is 5.69 Å². The van der Waals surface area contributed by atoms with Crippen LogP contribution < -0.4 is 5.32 Å². The highest BCUT2D eigenvalue weighted by atomic mass is 19.1. The van der Waals surface area contributed by atoms with Crippen molar-refractivity contribution < 1.29 is 23.9 Å². The van der Waals surface area contributed by atoms with Crippen molar-refractivity contribution in [2.75, 3.05) is 12.4 Å². The van der Waals surface area contributed by atoms with Crippen molar-refractivity contribution in [3.8, 4) is 0 Å². The molecule has 2 N–H and O–H groups in total. The van der Waals surface area contributed by atoms with E-state index in [-0.39, 0.29) is 5.69 Å². The number of amides is 1. The number of para-hydroxylation sites is 1. The molecule has 1 aromatic carbocycles. The van der Waals surface area contributed by atoms with E-state index in [9.17, 15) is 19.1 Å². The van der Waals surface area contributed by atoms with E-state index in [0.29, 0.717) is 0 Å². The number of rotatable bonds is 2. The summed E-state index contributed by atoms with van der Waals surface area (Å²) in [5.41, 5.74) is -0.0583. The van der Waals surface area contributed by atoms with Crippen LogP contribution in [0.3, 0.4) is 0 Å². The van der Waals surface area contributed by atoms with Gasteiger partial charge in [-0.2, -0.15) is 0 Å². The number of hydrogen-bond donors (Lipinski definition) is 2. The van der Waals surface area contributed by atoms with Crippen LogP contribution in [0.2, 0.25) is 0 Å². The van der Waals surface area contributed by atoms with E-state index < -0.39 is 29.8 Å². The van der Waals surface area contributed by atoms with E-state index in [2.05, 4.69) is 10.2 Å². The summed E-state index contributed by atoms with van der Waals surface area (Å²) >= 11 is 0. The van der Waals surface area contributed by atoms with E-state index in [1.165, 1.54) is 31.3 Å². The third-order valence-electron chi connectivity index (χ3n) is 2.57. The summed E-state index contributed by atoms with van der Waals surface area (Å²) in [6.45, 7) is 0. The molecule has 0 aromatic heterocycles. The number of nitrogens with zero attached hydrogens (tertiary/aromatic N) is 1. The fourth-order valence-corrected chi connectivity index (χ4v) is 1.60. The number of anilines is 1. The average molecular weight is 254 g/mol. The molecule has 1 fully saturated rings. The lowest BCUT2D eigenvalue weighted by atomic mass is 10.1. The third kappa shape index (κ3) is 2.18. The third-order valence-corrected chi connectivity index (χ3v) is 2.57. The topological polar surface area (TPSA) is 78.9 Å². The Kier molecular flexibility index (Phi) is 3.26. The van der Waals surface area contributed by atoms with Crippen molar-refractivity contribution in [1.29, 1.82) is 0 Å². The molecule has 0 saturated carbocycles. The minimum absolute atomic E-state index is 0.0583. The van der Waals surface area contributed by atoms with Crippen LogP contribution in [0.4, 0.5) is 10.1 Å². The molecule has 1 aliphatic rings. The smallest absolute Gasteiger partial charge is 0.341 e. The second kappa shape index (κ2) is 4.71. The first-order valence-electron chi connectivity index (χ1n) is 5.19. The minimum atomic E-state index is -1.39. The average Bonchev–Trinajstić information content (AvgIpc) is 2.56. The maximum absolute atomic E-state index is 13.3. The van der Waals surface area contributed by atoms with Crippen molar-refractivity contribution in [1.82, 2.24) is 5.06 Å². The van der Waals surface area contributed by atoms with Crippen molar-refractivity contribution in [3.63, 3.8) is 0 Å². The maximum atomic E-state index is 13.3. The van der Waals surface area contributed by atoms with Gasteiger partial charge in [0, 0.05) is 7.05 Å². The normalized spacial score (nSPS) is 23.8. The number of hydrogen-bond acceptors (Lipinski definition) is 5. The molecule has 7 heteroatoms. The summed E-state index contributed by atoms with van der Waals surface area (Å²) in [5.74, 6) is -3.71. The van der Waals surface area contributed by atoms with Crippen LogP contribution >= 0.6 is 0 Å². The molecule has 0 bridgehead atoms. The standard InChI is InChI=1S/C11H11FN2O4/c1-14-10(16)8(11(17)18-14)9(15)13-7-5-3-2-4-6(7)12/h2-5,8,10,16H,1H3,(H,13,15). The lowest BCUT2D eigenvalue weighted by molar-refractivity contribution is -0.183. The Morgan fingerprint density at radius 2 is 2.17 bits per heavy atom. The van der Waals surface area contributed by atoms with Gasteiger partial charge in [-0.25, -0.2) is 9.18 Å². The van der Waals surface area contributed by atoms with Gasteiger partial charge in [-0.15, -0.1) is 5.06 Å². The van der Waals surface area contributed by atoms with Crippen LogP contribution in [0.1, 0.15) is 0 Å². The van der Waals surface area contributed by atoms with Gasteiger partial charge in [0.25, 0.3) is 0 Å². The van der Waals surface area contributed by atoms with E-state index in [1.807, 2.05) is 0 Å². The monoisotopic (exact) mass is 254 g/mol. The Morgan fingerprint density at radius 1 is 1.50 bits per heavy atom. The number of halogens is 1. The van der Waals surface area contributed by atoms with E-state index in [4.69, 9.17) is 0 Å². The van der Waals surface area contributed by atoms with Gasteiger partial charge in [0.2, 0.25) is 5.91 Å². The van der Waals surface area contributed by atoms with Crippen LogP contribution in [0.5, 0.6) is 0 Å². The predicted octanol–water partition coefficient (Wildman–Crippen LogP) is 0.102. The predicted molar refractivity (Wildman–Crippen MR) is 58.4 cm³/mol. The van der Waals surface area contributed by atoms with Crippen molar-refractivity contribution >= 4 is 17.6 Å². The zero-order valence-electron chi connectivity index (χ0n) is 9.46. The summed E-state index contributed by atoms with van der Waals surface area (Å²) in [4.78, 5) is 27.7. The first kappa shape index (κ1) is 12.5. The van der Waals surface area contributed by atoms with Gasteiger partial charge in [-0.1, -0.05) is 12.1 Å². The maximum Gasteiger partial charge on any atom is 0.341 e. The fraction of sp³-hybridized carbons (Fsp3) is 0.273. The molecule has 1 aromatic rings. The highest BCUT2D eigenvalue weighted by Gasteiger charge is 2.45. The summed E-state index contributed by atoms with van der Waals surface area (Å²) in [6.07, 6.45) is -1.38. The molecule has 1 heterocycles. The quantitative estimate of drug-likeness (QED) is 0.732. The number of benzene rings is 1. The van der Waals surface area contributed by atoms with Crippen LogP contribution in [0.15, 0.2) is 24.3 Å². The lowest BCUT2D eigenvalue weighted by Crippen LogP contribution is -2.37. The number of carbonyl (C=O) groups is 2. The van der Waals surface area contributed by atoms with Crippen LogP contribution in [0.25, 0.3) is 0 Å². The SMILES string of the molecule is CN1OC(=O)C(C(=O)Nc2ccccc2F)C1O. The van der Waals surface area contributed by atoms with Crippen molar-refractivity contribution in [2.24, 2.45) is 5.92 Å². The number of aliphatic hydroxyl groups excluding tert-OH is 1. The lowest BCUT2D eigenvalue weighted by Gasteiger charge is -2.13. The van der Waals surface area contributed by atoms with E-state index in [1.54, 1.807) is 0 Å². The number of carbonyl (C=O) groups excluding carboxylic acids is 2. The molecular formula is C11H11FN2O4. The molecule has 18 heavy (non-hydrogen) atoms. The minimum Gasteiger partial charge on any atom is -0.374 e. The largest absolute Gasteiger partial charge is 0.374 e. The van der Waals surface area contributed by atoms with Gasteiger partial charge in [-0.3, -0.25) is 4.79 Å². The molecule has 2 atom stereocenters. The Balaban J connectivity index is 2.14. The molecule has 0 radical (unpaired) electrons. The van der Waals surface area contributed by atoms with Crippen molar-refractivity contribution in [3.05, 3.63) is 30.1 Å². The molecule has 2 unspecified atom stereocenters. The molecule has 1 aliphatic heterocycles. The molecule has 1 amide bonds. The number of aliphatic hydroxyl groups is 1. The van der Waals surface area contributed by atoms with Gasteiger partial charge in [0.1, 0.15) is 5.82 Å². The highest BCUT2D eigenvalue weighted by molar-refractivity contribution is 6.05. The summed E-state index contributed by atoms with van der Waals surface area (Å²) in [6, 6.07) is 5.53. The highest BCUT2D eigenvalue weighted by Crippen LogP contribution is 2.21. The van der Waals surface area contributed by atoms with Crippen LogP contribution in [-0.2, 0) is 14.4 Å². The molecule has 0 spiro atoms. The number of nitrogens with one attached hydrogen (secondary N) is 1. The second-order valence-corrected chi connectivity index (χ2v) is 3.82. The first-order chi connectivity index (χ1) is 8.50. The molecule has 0 aliphatic carbocycles. The Bertz CT molecular complexity index is 494. The zero-order valence-corrected chi connectivity index (χ0v) is 9.46. The van der Waals surface area contributed by atoms with Gasteiger partial charge in [-0.05, 0) is 12.1 Å². The molecular weight excluding hydrogens is 243 g/mol. The molecule has 2 rings (SSSR count). The summed E-state index contributed by atoms with van der Waals surface area (Å²) in [5, 5.41) is 12.7. The second-order valence-electron chi connectivity index (χ2n) is 3.82. The van der Waals surface area contributed by atoms with Gasteiger partial charge in [0.15, 0.2) is 12.1 Å². The van der Waals surface area contributed by atoms with Gasteiger partial charge >= 0.3 is 5.97 Å². The molecule has 96 valence electrons. The summed E-state index contributed by atoms with van der Waals surface area (Å²) in [7, 11) is 1.32. The molecule has 6 nitrogen and oxygen atoms in total. The Hall–Kier alpha value is -1.99. The van der Waals surface area contributed by atoms with E-state index in [0.717, 1.165) is 5.06 Å². The van der Waals surface area contributed by atoms with Crippen molar-refractivity contribution in [2.45, 2.75) is 6.23 Å². The Morgan fingerprint density at radius 3 is 2.72 bits per heavy atom. The zero-order chi connectivity index (χ0) is 13.3. The fourth-order valence-electron chi connectivity index (χ4n) is 1.60. The van der Waals surface area contributed by atoms with Crippen LogP contribution in [0, 0.1) is 11.7 Å². The first-order valence-corrected chi connectivity index (χ1v) is 5.19. The molecule has 1 saturated heterocycles. The van der Waals surface area contributed by atoms with Gasteiger partial charge < -0.3 is 15.3 Å². The van der Waals surface area contributed by atoms with E-state index >= 15 is 0 Å². The van der Waals surface area contributed by atoms with Crippen LogP contribution in [-0.4, -0.2) is 35.3 Å².